The molecule has 4 nitrogen and oxygen atoms in total. The average Bonchev–Trinajstić information content (AvgIpc) is 2.75. The van der Waals surface area contributed by atoms with Gasteiger partial charge in [-0.05, 0) is 40.2 Å². The Morgan fingerprint density at radius 1 is 1.47 bits per heavy atom. The van der Waals surface area contributed by atoms with E-state index in [0.717, 1.165) is 34.4 Å². The van der Waals surface area contributed by atoms with E-state index in [1.807, 2.05) is 42.2 Å². The maximum absolute atomic E-state index is 5.61. The standard InChI is InChI=1S/C13H15BrN4S/c1-18-7-5-9(17-18)4-6-16-10-2-3-11(13(15)19)12(14)8-10/h2-3,5,7-8,16H,4,6H2,1H3,(H2,15,19). The van der Waals surface area contributed by atoms with Gasteiger partial charge in [-0.3, -0.25) is 4.68 Å². The summed E-state index contributed by atoms with van der Waals surface area (Å²) in [4.78, 5) is 0.395. The molecule has 1 aromatic heterocycles. The summed E-state index contributed by atoms with van der Waals surface area (Å²) in [6.07, 6.45) is 2.83. The Hall–Kier alpha value is -1.40. The highest BCUT2D eigenvalue weighted by molar-refractivity contribution is 9.10. The lowest BCUT2D eigenvalue weighted by atomic mass is 10.2. The van der Waals surface area contributed by atoms with E-state index in [-0.39, 0.29) is 0 Å². The van der Waals surface area contributed by atoms with Crippen molar-refractivity contribution in [3.05, 3.63) is 46.2 Å². The van der Waals surface area contributed by atoms with E-state index in [1.54, 1.807) is 0 Å². The number of nitrogens with two attached hydrogens (primary N) is 1. The first-order chi connectivity index (χ1) is 9.06. The summed E-state index contributed by atoms with van der Waals surface area (Å²) < 4.78 is 2.71. The van der Waals surface area contributed by atoms with Crippen LogP contribution in [0.2, 0.25) is 0 Å². The van der Waals surface area contributed by atoms with Crippen molar-refractivity contribution < 1.29 is 0 Å². The molecule has 1 heterocycles. The lowest BCUT2D eigenvalue weighted by molar-refractivity contribution is 0.742. The first kappa shape index (κ1) is 14.0. The summed E-state index contributed by atoms with van der Waals surface area (Å²) >= 11 is 8.43. The third-order valence-electron chi connectivity index (χ3n) is 2.71. The van der Waals surface area contributed by atoms with Crippen molar-refractivity contribution in [1.29, 1.82) is 0 Å². The fourth-order valence-corrected chi connectivity index (χ4v) is 2.66. The van der Waals surface area contributed by atoms with Gasteiger partial charge in [-0.15, -0.1) is 0 Å². The van der Waals surface area contributed by atoms with E-state index >= 15 is 0 Å². The van der Waals surface area contributed by atoms with Crippen LogP contribution in [-0.4, -0.2) is 21.3 Å². The molecular weight excluding hydrogens is 324 g/mol. The molecular formula is C13H15BrN4S. The number of halogens is 1. The minimum atomic E-state index is 0.395. The van der Waals surface area contributed by atoms with Crippen molar-refractivity contribution in [3.8, 4) is 0 Å². The summed E-state index contributed by atoms with van der Waals surface area (Å²) in [5.41, 5.74) is 8.57. The van der Waals surface area contributed by atoms with Crippen LogP contribution in [0.4, 0.5) is 5.69 Å². The normalized spacial score (nSPS) is 10.4. The topological polar surface area (TPSA) is 55.9 Å². The predicted octanol–water partition coefficient (Wildman–Crippen LogP) is 2.47. The van der Waals surface area contributed by atoms with Crippen molar-refractivity contribution >= 4 is 38.8 Å². The molecule has 0 saturated carbocycles. The number of benzene rings is 1. The fourth-order valence-electron chi connectivity index (χ4n) is 1.76. The number of hydrogen-bond acceptors (Lipinski definition) is 3. The summed E-state index contributed by atoms with van der Waals surface area (Å²) in [6.45, 7) is 0.829. The molecule has 0 aliphatic rings. The zero-order chi connectivity index (χ0) is 13.8. The first-order valence-corrected chi connectivity index (χ1v) is 7.08. The smallest absolute Gasteiger partial charge is 0.105 e. The number of anilines is 1. The van der Waals surface area contributed by atoms with Gasteiger partial charge < -0.3 is 11.1 Å². The summed E-state index contributed by atoms with van der Waals surface area (Å²) in [7, 11) is 1.92. The maximum atomic E-state index is 5.61. The number of hydrogen-bond donors (Lipinski definition) is 2. The molecule has 0 aliphatic carbocycles. The molecule has 1 aromatic carbocycles. The minimum Gasteiger partial charge on any atom is -0.389 e. The van der Waals surface area contributed by atoms with Gasteiger partial charge in [0.15, 0.2) is 0 Å². The van der Waals surface area contributed by atoms with Crippen LogP contribution in [0.3, 0.4) is 0 Å². The Morgan fingerprint density at radius 2 is 2.26 bits per heavy atom. The van der Waals surface area contributed by atoms with E-state index in [4.69, 9.17) is 18.0 Å². The molecule has 0 amide bonds. The molecule has 6 heteroatoms. The van der Waals surface area contributed by atoms with Gasteiger partial charge in [0, 0.05) is 41.9 Å². The lowest BCUT2D eigenvalue weighted by Gasteiger charge is -2.08. The number of thiocarbonyl (C=S) groups is 1. The number of aryl methyl sites for hydroxylation is 1. The molecule has 0 spiro atoms. The third kappa shape index (κ3) is 3.78. The molecule has 2 aromatic rings. The first-order valence-electron chi connectivity index (χ1n) is 5.88. The van der Waals surface area contributed by atoms with Crippen LogP contribution in [-0.2, 0) is 13.5 Å². The van der Waals surface area contributed by atoms with E-state index in [2.05, 4.69) is 26.3 Å². The van der Waals surface area contributed by atoms with Crippen LogP contribution in [0.15, 0.2) is 34.9 Å². The van der Waals surface area contributed by atoms with E-state index in [1.165, 1.54) is 0 Å². The summed E-state index contributed by atoms with van der Waals surface area (Å²) in [6, 6.07) is 7.88. The Balaban J connectivity index is 1.93. The summed E-state index contributed by atoms with van der Waals surface area (Å²) in [5.74, 6) is 0. The van der Waals surface area contributed by atoms with Gasteiger partial charge in [-0.25, -0.2) is 0 Å². The number of nitrogens with one attached hydrogen (secondary N) is 1. The quantitative estimate of drug-likeness (QED) is 0.822. The van der Waals surface area contributed by atoms with Crippen LogP contribution < -0.4 is 11.1 Å². The number of rotatable bonds is 5. The molecule has 0 bridgehead atoms. The Labute approximate surface area is 126 Å². The van der Waals surface area contributed by atoms with Crippen molar-refractivity contribution in [1.82, 2.24) is 9.78 Å². The SMILES string of the molecule is Cn1ccc(CCNc2ccc(C(N)=S)c(Br)c2)n1. The van der Waals surface area contributed by atoms with Crippen LogP contribution >= 0.6 is 28.1 Å². The van der Waals surface area contributed by atoms with Gasteiger partial charge in [0.1, 0.15) is 4.99 Å². The van der Waals surface area contributed by atoms with Gasteiger partial charge >= 0.3 is 0 Å². The molecule has 0 radical (unpaired) electrons. The van der Waals surface area contributed by atoms with Gasteiger partial charge in [0.2, 0.25) is 0 Å². The monoisotopic (exact) mass is 338 g/mol. The Kier molecular flexibility index (Phi) is 4.55. The lowest BCUT2D eigenvalue weighted by Crippen LogP contribution is -2.11. The molecule has 0 saturated heterocycles. The van der Waals surface area contributed by atoms with Crippen molar-refractivity contribution in [2.45, 2.75) is 6.42 Å². The summed E-state index contributed by atoms with van der Waals surface area (Å²) in [5, 5.41) is 7.68. The van der Waals surface area contributed by atoms with E-state index in [0.29, 0.717) is 4.99 Å². The van der Waals surface area contributed by atoms with Crippen LogP contribution in [0, 0.1) is 0 Å². The molecule has 2 rings (SSSR count). The van der Waals surface area contributed by atoms with Gasteiger partial charge in [0.25, 0.3) is 0 Å². The third-order valence-corrected chi connectivity index (χ3v) is 3.59. The molecule has 0 fully saturated rings. The Morgan fingerprint density at radius 3 is 2.84 bits per heavy atom. The number of nitrogens with zero attached hydrogens (tertiary/aromatic N) is 2. The maximum Gasteiger partial charge on any atom is 0.105 e. The molecule has 3 N–H and O–H groups in total. The molecule has 19 heavy (non-hydrogen) atoms. The van der Waals surface area contributed by atoms with Crippen molar-refractivity contribution in [2.75, 3.05) is 11.9 Å². The highest BCUT2D eigenvalue weighted by Crippen LogP contribution is 2.21. The van der Waals surface area contributed by atoms with Crippen molar-refractivity contribution in [3.63, 3.8) is 0 Å². The second-order valence-electron chi connectivity index (χ2n) is 4.22. The average molecular weight is 339 g/mol. The molecule has 0 aliphatic heterocycles. The van der Waals surface area contributed by atoms with Gasteiger partial charge in [-0.1, -0.05) is 12.2 Å². The minimum absolute atomic E-state index is 0.395. The van der Waals surface area contributed by atoms with E-state index in [9.17, 15) is 0 Å². The largest absolute Gasteiger partial charge is 0.389 e. The zero-order valence-corrected chi connectivity index (χ0v) is 13.0. The van der Waals surface area contributed by atoms with Gasteiger partial charge in [-0.2, -0.15) is 5.10 Å². The predicted molar refractivity (Wildman–Crippen MR) is 85.4 cm³/mol. The van der Waals surface area contributed by atoms with Crippen LogP contribution in [0.5, 0.6) is 0 Å². The molecule has 0 unspecified atom stereocenters. The second-order valence-corrected chi connectivity index (χ2v) is 5.51. The van der Waals surface area contributed by atoms with E-state index < -0.39 is 0 Å². The second kappa shape index (κ2) is 6.16. The zero-order valence-electron chi connectivity index (χ0n) is 10.6. The molecule has 100 valence electrons. The van der Waals surface area contributed by atoms with Crippen molar-refractivity contribution in [2.24, 2.45) is 12.8 Å². The van der Waals surface area contributed by atoms with Crippen LogP contribution in [0.25, 0.3) is 0 Å². The van der Waals surface area contributed by atoms with Crippen LogP contribution in [0.1, 0.15) is 11.3 Å². The highest BCUT2D eigenvalue weighted by Gasteiger charge is 2.04. The fraction of sp³-hybridized carbons (Fsp3) is 0.231. The number of aromatic nitrogens is 2. The molecule has 0 atom stereocenters. The van der Waals surface area contributed by atoms with Gasteiger partial charge in [0.05, 0.1) is 5.69 Å². The highest BCUT2D eigenvalue weighted by atomic mass is 79.9. The Bertz CT molecular complexity index is 594.